The average Bonchev–Trinajstić information content (AvgIpc) is 2.57. The summed E-state index contributed by atoms with van der Waals surface area (Å²) in [5.41, 5.74) is 1.03. The molecular formula is C10H15NO2. The first-order chi connectivity index (χ1) is 6.24. The van der Waals surface area contributed by atoms with Crippen LogP contribution in [0.5, 0.6) is 0 Å². The van der Waals surface area contributed by atoms with Crippen molar-refractivity contribution in [3.8, 4) is 0 Å². The van der Waals surface area contributed by atoms with Gasteiger partial charge in [-0.1, -0.05) is 6.92 Å². The molecule has 0 aliphatic heterocycles. The van der Waals surface area contributed by atoms with Crippen LogP contribution in [0.25, 0.3) is 0 Å². The van der Waals surface area contributed by atoms with E-state index in [1.54, 1.807) is 17.4 Å². The van der Waals surface area contributed by atoms with E-state index < -0.39 is 0 Å². The molecular weight excluding hydrogens is 166 g/mol. The minimum absolute atomic E-state index is 0.184. The van der Waals surface area contributed by atoms with Crippen LogP contribution < -0.4 is 0 Å². The molecule has 0 aliphatic carbocycles. The lowest BCUT2D eigenvalue weighted by Crippen LogP contribution is -2.25. The maximum absolute atomic E-state index is 11.4. The topological polar surface area (TPSA) is 33.5 Å². The maximum atomic E-state index is 11.4. The molecule has 1 amide bonds. The normalized spacial score (nSPS) is 10.0. The number of rotatable bonds is 4. The molecule has 0 atom stereocenters. The Balaban J connectivity index is 2.41. The van der Waals surface area contributed by atoms with E-state index >= 15 is 0 Å². The Kier molecular flexibility index (Phi) is 3.55. The largest absolute Gasteiger partial charge is 0.472 e. The Morgan fingerprint density at radius 2 is 2.38 bits per heavy atom. The first-order valence-electron chi connectivity index (χ1n) is 4.49. The van der Waals surface area contributed by atoms with Crippen LogP contribution in [0.3, 0.4) is 0 Å². The predicted molar refractivity (Wildman–Crippen MR) is 50.1 cm³/mol. The van der Waals surface area contributed by atoms with Crippen LogP contribution in [0, 0.1) is 0 Å². The van der Waals surface area contributed by atoms with E-state index in [1.165, 1.54) is 0 Å². The van der Waals surface area contributed by atoms with Gasteiger partial charge < -0.3 is 9.32 Å². The van der Waals surface area contributed by atoms with E-state index in [2.05, 4.69) is 0 Å². The summed E-state index contributed by atoms with van der Waals surface area (Å²) in [6, 6.07) is 1.87. The van der Waals surface area contributed by atoms with Crippen LogP contribution in [0.4, 0.5) is 0 Å². The second kappa shape index (κ2) is 4.70. The first-order valence-corrected chi connectivity index (χ1v) is 4.49. The predicted octanol–water partition coefficient (Wildman–Crippen LogP) is 2.04. The van der Waals surface area contributed by atoms with E-state index in [1.807, 2.05) is 20.0 Å². The summed E-state index contributed by atoms with van der Waals surface area (Å²) in [5.74, 6) is 0.184. The van der Waals surface area contributed by atoms with Crippen molar-refractivity contribution in [2.75, 3.05) is 7.05 Å². The summed E-state index contributed by atoms with van der Waals surface area (Å²) in [7, 11) is 1.81. The van der Waals surface area contributed by atoms with E-state index in [-0.39, 0.29) is 5.91 Å². The third kappa shape index (κ3) is 2.93. The summed E-state index contributed by atoms with van der Waals surface area (Å²) >= 11 is 0. The van der Waals surface area contributed by atoms with Gasteiger partial charge >= 0.3 is 0 Å². The van der Waals surface area contributed by atoms with Gasteiger partial charge in [0.25, 0.3) is 0 Å². The highest BCUT2D eigenvalue weighted by Gasteiger charge is 2.07. The van der Waals surface area contributed by atoms with Gasteiger partial charge in [-0.3, -0.25) is 4.79 Å². The SMILES string of the molecule is CCCC(=O)N(C)Cc1ccoc1. The molecule has 0 fully saturated rings. The molecule has 0 aliphatic rings. The molecule has 3 nitrogen and oxygen atoms in total. The Morgan fingerprint density at radius 1 is 1.62 bits per heavy atom. The molecule has 13 heavy (non-hydrogen) atoms. The summed E-state index contributed by atoms with van der Waals surface area (Å²) in [6.07, 6.45) is 4.80. The molecule has 0 bridgehead atoms. The Hall–Kier alpha value is -1.25. The van der Waals surface area contributed by atoms with Gasteiger partial charge in [-0.15, -0.1) is 0 Å². The van der Waals surface area contributed by atoms with Crippen molar-refractivity contribution in [1.82, 2.24) is 4.90 Å². The molecule has 1 heterocycles. The van der Waals surface area contributed by atoms with Crippen molar-refractivity contribution < 1.29 is 9.21 Å². The van der Waals surface area contributed by atoms with Crippen molar-refractivity contribution >= 4 is 5.91 Å². The fraction of sp³-hybridized carbons (Fsp3) is 0.500. The molecule has 0 spiro atoms. The molecule has 1 rings (SSSR count). The Labute approximate surface area is 78.3 Å². The minimum atomic E-state index is 0.184. The molecule has 1 aromatic rings. The third-order valence-electron chi connectivity index (χ3n) is 1.89. The molecule has 1 aromatic heterocycles. The molecule has 0 aromatic carbocycles. The van der Waals surface area contributed by atoms with Crippen molar-refractivity contribution in [2.24, 2.45) is 0 Å². The second-order valence-corrected chi connectivity index (χ2v) is 3.13. The number of furan rings is 1. The van der Waals surface area contributed by atoms with Crippen molar-refractivity contribution in [3.05, 3.63) is 24.2 Å². The number of amides is 1. The van der Waals surface area contributed by atoms with Crippen molar-refractivity contribution in [2.45, 2.75) is 26.3 Å². The molecule has 0 unspecified atom stereocenters. The Bertz CT molecular complexity index is 254. The lowest BCUT2D eigenvalue weighted by Gasteiger charge is -2.15. The number of nitrogens with zero attached hydrogens (tertiary/aromatic N) is 1. The fourth-order valence-corrected chi connectivity index (χ4v) is 1.15. The molecule has 72 valence electrons. The van der Waals surface area contributed by atoms with Gasteiger partial charge in [-0.25, -0.2) is 0 Å². The zero-order chi connectivity index (χ0) is 9.68. The summed E-state index contributed by atoms with van der Waals surface area (Å²) in [6.45, 7) is 2.64. The number of carbonyl (C=O) groups is 1. The summed E-state index contributed by atoms with van der Waals surface area (Å²) in [4.78, 5) is 13.1. The molecule has 0 saturated heterocycles. The lowest BCUT2D eigenvalue weighted by molar-refractivity contribution is -0.130. The van der Waals surface area contributed by atoms with Crippen molar-refractivity contribution in [3.63, 3.8) is 0 Å². The summed E-state index contributed by atoms with van der Waals surface area (Å²) in [5, 5.41) is 0. The van der Waals surface area contributed by atoms with Crippen molar-refractivity contribution in [1.29, 1.82) is 0 Å². The highest BCUT2D eigenvalue weighted by molar-refractivity contribution is 5.75. The van der Waals surface area contributed by atoms with E-state index in [9.17, 15) is 4.79 Å². The van der Waals surface area contributed by atoms with E-state index in [0.29, 0.717) is 13.0 Å². The van der Waals surface area contributed by atoms with E-state index in [0.717, 1.165) is 12.0 Å². The highest BCUT2D eigenvalue weighted by atomic mass is 16.3. The fourth-order valence-electron chi connectivity index (χ4n) is 1.15. The number of hydrogen-bond acceptors (Lipinski definition) is 2. The van der Waals surface area contributed by atoms with Crippen LogP contribution in [0.1, 0.15) is 25.3 Å². The van der Waals surface area contributed by atoms with Crippen LogP contribution in [-0.4, -0.2) is 17.9 Å². The van der Waals surface area contributed by atoms with Crippen LogP contribution >= 0.6 is 0 Å². The highest BCUT2D eigenvalue weighted by Crippen LogP contribution is 2.05. The van der Waals surface area contributed by atoms with Crippen LogP contribution in [0.2, 0.25) is 0 Å². The second-order valence-electron chi connectivity index (χ2n) is 3.13. The van der Waals surface area contributed by atoms with Gasteiger partial charge in [0.1, 0.15) is 0 Å². The van der Waals surface area contributed by atoms with Gasteiger partial charge in [0, 0.05) is 25.6 Å². The van der Waals surface area contributed by atoms with Gasteiger partial charge in [0.15, 0.2) is 0 Å². The van der Waals surface area contributed by atoms with Gasteiger partial charge in [-0.05, 0) is 12.5 Å². The quantitative estimate of drug-likeness (QED) is 0.712. The number of carbonyl (C=O) groups excluding carboxylic acids is 1. The van der Waals surface area contributed by atoms with Gasteiger partial charge in [0.2, 0.25) is 5.91 Å². The molecule has 0 saturated carbocycles. The monoisotopic (exact) mass is 181 g/mol. The minimum Gasteiger partial charge on any atom is -0.472 e. The summed E-state index contributed by atoms with van der Waals surface area (Å²) < 4.78 is 4.92. The molecule has 0 N–H and O–H groups in total. The smallest absolute Gasteiger partial charge is 0.222 e. The first kappa shape index (κ1) is 9.84. The van der Waals surface area contributed by atoms with Crippen LogP contribution in [-0.2, 0) is 11.3 Å². The van der Waals surface area contributed by atoms with Gasteiger partial charge in [0.05, 0.1) is 12.5 Å². The van der Waals surface area contributed by atoms with Crippen LogP contribution in [0.15, 0.2) is 23.0 Å². The molecule has 0 radical (unpaired) electrons. The standard InChI is InChI=1S/C10H15NO2/c1-3-4-10(12)11(2)7-9-5-6-13-8-9/h5-6,8H,3-4,7H2,1-2H3. The average molecular weight is 181 g/mol. The Morgan fingerprint density at radius 3 is 2.92 bits per heavy atom. The zero-order valence-corrected chi connectivity index (χ0v) is 8.12. The lowest BCUT2D eigenvalue weighted by atomic mass is 10.2. The number of hydrogen-bond donors (Lipinski definition) is 0. The maximum Gasteiger partial charge on any atom is 0.222 e. The van der Waals surface area contributed by atoms with Gasteiger partial charge in [-0.2, -0.15) is 0 Å². The van der Waals surface area contributed by atoms with E-state index in [4.69, 9.17) is 4.42 Å². The third-order valence-corrected chi connectivity index (χ3v) is 1.89. The zero-order valence-electron chi connectivity index (χ0n) is 8.12. The molecule has 3 heteroatoms.